The minimum atomic E-state index is 0. The largest absolute Gasteiger partial charge is 0.497 e. The van der Waals surface area contributed by atoms with Gasteiger partial charge in [0.2, 0.25) is 0 Å². The number of aromatic nitrogens is 1. The van der Waals surface area contributed by atoms with Gasteiger partial charge in [-0.3, -0.25) is 4.90 Å². The van der Waals surface area contributed by atoms with Gasteiger partial charge >= 0.3 is 0 Å². The Morgan fingerprint density at radius 2 is 1.69 bits per heavy atom. The Morgan fingerprint density at radius 3 is 2.38 bits per heavy atom. The van der Waals surface area contributed by atoms with Crippen LogP contribution in [0, 0.1) is 0 Å². The van der Waals surface area contributed by atoms with Gasteiger partial charge in [0.25, 0.3) is 5.82 Å². The molecule has 0 saturated carbocycles. The third-order valence-electron chi connectivity index (χ3n) is 7.07. The van der Waals surface area contributed by atoms with E-state index in [0.717, 1.165) is 43.0 Å². The fraction of sp³-hybridized carbons (Fsp3) is 0.281. The van der Waals surface area contributed by atoms with E-state index in [1.807, 2.05) is 11.8 Å². The van der Waals surface area contributed by atoms with E-state index in [0.29, 0.717) is 0 Å². The molecule has 0 spiro atoms. The first kappa shape index (κ1) is 29.6. The quantitative estimate of drug-likeness (QED) is 0.202. The van der Waals surface area contributed by atoms with Crippen molar-refractivity contribution in [1.82, 2.24) is 4.90 Å². The SMILES string of the molecule is CCN(CCCN(C)C)c1cc(C=C2Sc3ccccc3N2C)c2ccc(OC)cc2[n+]1-c1ccccc1.[Y]. The first-order chi connectivity index (χ1) is 18.5. The van der Waals surface area contributed by atoms with E-state index < -0.39 is 0 Å². The summed E-state index contributed by atoms with van der Waals surface area (Å²) in [7, 11) is 8.17. The molecular weight excluding hydrogens is 577 g/mol. The van der Waals surface area contributed by atoms with E-state index in [-0.39, 0.29) is 32.7 Å². The Kier molecular flexibility index (Phi) is 10.1. The molecule has 1 aromatic heterocycles. The van der Waals surface area contributed by atoms with Crippen LogP contribution in [0.4, 0.5) is 11.5 Å². The third-order valence-corrected chi connectivity index (χ3v) is 8.24. The summed E-state index contributed by atoms with van der Waals surface area (Å²) in [4.78, 5) is 8.34. The van der Waals surface area contributed by atoms with Gasteiger partial charge in [0, 0.05) is 68.7 Å². The Hall–Kier alpha value is -2.38. The zero-order chi connectivity index (χ0) is 26.6. The average molecular weight is 615 g/mol. The topological polar surface area (TPSA) is 22.8 Å². The number of hydrogen-bond donors (Lipinski definition) is 0. The monoisotopic (exact) mass is 614 g/mol. The fourth-order valence-corrected chi connectivity index (χ4v) is 6.17. The van der Waals surface area contributed by atoms with Crippen molar-refractivity contribution in [3.05, 3.63) is 89.5 Å². The molecule has 4 aromatic rings. The number of pyridine rings is 1. The number of anilines is 2. The zero-order valence-electron chi connectivity index (χ0n) is 23.6. The van der Waals surface area contributed by atoms with Gasteiger partial charge in [0.05, 0.1) is 30.9 Å². The van der Waals surface area contributed by atoms with Crippen molar-refractivity contribution < 1.29 is 42.0 Å². The molecule has 5 rings (SSSR count). The van der Waals surface area contributed by atoms with Crippen LogP contribution in [0.15, 0.2) is 88.8 Å². The Balaban J connectivity index is 0.00000353. The van der Waals surface area contributed by atoms with Crippen molar-refractivity contribution in [2.45, 2.75) is 18.2 Å². The molecule has 0 fully saturated rings. The second-order valence-corrected chi connectivity index (χ2v) is 10.9. The normalized spacial score (nSPS) is 13.6. The number of nitrogens with zero attached hydrogens (tertiary/aromatic N) is 4. The van der Waals surface area contributed by atoms with Gasteiger partial charge in [0.15, 0.2) is 0 Å². The number of methoxy groups -OCH3 is 1. The third kappa shape index (κ3) is 6.35. The van der Waals surface area contributed by atoms with Gasteiger partial charge < -0.3 is 14.5 Å². The predicted molar refractivity (Wildman–Crippen MR) is 162 cm³/mol. The summed E-state index contributed by atoms with van der Waals surface area (Å²) < 4.78 is 8.09. The van der Waals surface area contributed by atoms with Crippen LogP contribution in [-0.4, -0.2) is 52.8 Å². The molecule has 0 unspecified atom stereocenters. The van der Waals surface area contributed by atoms with Crippen LogP contribution in [0.1, 0.15) is 18.9 Å². The second-order valence-electron chi connectivity index (χ2n) is 9.86. The Morgan fingerprint density at radius 1 is 0.949 bits per heavy atom. The number of ether oxygens (including phenoxy) is 1. The molecule has 199 valence electrons. The smallest absolute Gasteiger partial charge is 0.282 e. The molecule has 0 atom stereocenters. The Labute approximate surface area is 262 Å². The van der Waals surface area contributed by atoms with Crippen molar-refractivity contribution in [2.75, 3.05) is 57.7 Å². The first-order valence-electron chi connectivity index (χ1n) is 13.2. The maximum absolute atomic E-state index is 5.70. The van der Waals surface area contributed by atoms with Crippen LogP contribution in [0.2, 0.25) is 0 Å². The summed E-state index contributed by atoms with van der Waals surface area (Å²) in [6.45, 7) is 5.20. The van der Waals surface area contributed by atoms with Crippen molar-refractivity contribution in [3.63, 3.8) is 0 Å². The van der Waals surface area contributed by atoms with Crippen molar-refractivity contribution in [3.8, 4) is 11.4 Å². The maximum Gasteiger partial charge on any atom is 0.282 e. The molecule has 0 amide bonds. The maximum atomic E-state index is 5.70. The minimum absolute atomic E-state index is 0. The molecule has 1 aliphatic heterocycles. The van der Waals surface area contributed by atoms with E-state index in [9.17, 15) is 0 Å². The summed E-state index contributed by atoms with van der Waals surface area (Å²) in [5, 5.41) is 2.42. The van der Waals surface area contributed by atoms with Gasteiger partial charge in [0.1, 0.15) is 17.0 Å². The van der Waals surface area contributed by atoms with E-state index in [2.05, 4.69) is 132 Å². The molecule has 0 saturated heterocycles. The summed E-state index contributed by atoms with van der Waals surface area (Å²) >= 11 is 1.83. The van der Waals surface area contributed by atoms with E-state index in [1.54, 1.807) is 7.11 Å². The number of fused-ring (bicyclic) bond motifs is 2. The van der Waals surface area contributed by atoms with Crippen LogP contribution >= 0.6 is 11.8 Å². The molecule has 0 aliphatic carbocycles. The number of rotatable bonds is 9. The molecule has 7 heteroatoms. The van der Waals surface area contributed by atoms with Gasteiger partial charge in [-0.1, -0.05) is 42.1 Å². The standard InChI is InChI=1S/C32H37N4OS.Y/c1-6-35(20-12-19-33(2)3)31-21-24(22-32-34(4)28-15-10-11-16-30(28)38-32)27-18-17-26(37-5)23-29(27)36(31)25-13-8-7-9-14-25;/h7-11,13-18,21-23H,6,12,19-20H2,1-5H3;/q+1;. The van der Waals surface area contributed by atoms with Gasteiger partial charge in [-0.15, -0.1) is 0 Å². The van der Waals surface area contributed by atoms with Crippen LogP contribution in [0.25, 0.3) is 22.7 Å². The van der Waals surface area contributed by atoms with Crippen LogP contribution in [-0.2, 0) is 32.7 Å². The van der Waals surface area contributed by atoms with Gasteiger partial charge in [-0.25, -0.2) is 0 Å². The summed E-state index contributed by atoms with van der Waals surface area (Å²) in [6, 6.07) is 28.1. The molecule has 1 aliphatic rings. The van der Waals surface area contributed by atoms with E-state index >= 15 is 0 Å². The van der Waals surface area contributed by atoms with E-state index in [4.69, 9.17) is 4.74 Å². The predicted octanol–water partition coefficient (Wildman–Crippen LogP) is 6.44. The average Bonchev–Trinajstić information content (AvgIpc) is 3.25. The molecule has 0 N–H and O–H groups in total. The number of hydrogen-bond acceptors (Lipinski definition) is 5. The van der Waals surface area contributed by atoms with Gasteiger partial charge in [-0.2, -0.15) is 4.57 Å². The van der Waals surface area contributed by atoms with Crippen molar-refractivity contribution in [2.24, 2.45) is 0 Å². The molecule has 5 nitrogen and oxygen atoms in total. The number of thioether (sulfide) groups is 1. The minimum Gasteiger partial charge on any atom is -0.497 e. The molecule has 2 heterocycles. The van der Waals surface area contributed by atoms with Gasteiger partial charge in [-0.05, 0) is 75.5 Å². The molecule has 3 aromatic carbocycles. The van der Waals surface area contributed by atoms with Crippen molar-refractivity contribution in [1.29, 1.82) is 0 Å². The van der Waals surface area contributed by atoms with Crippen LogP contribution in [0.3, 0.4) is 0 Å². The zero-order valence-corrected chi connectivity index (χ0v) is 27.2. The number of para-hydroxylation sites is 2. The second kappa shape index (κ2) is 13.3. The fourth-order valence-electron chi connectivity index (χ4n) is 5.07. The molecule has 39 heavy (non-hydrogen) atoms. The summed E-state index contributed by atoms with van der Waals surface area (Å²) in [6.07, 6.45) is 3.43. The van der Waals surface area contributed by atoms with Crippen molar-refractivity contribution >= 4 is 40.2 Å². The number of benzene rings is 3. The summed E-state index contributed by atoms with van der Waals surface area (Å²) in [5.74, 6) is 2.04. The molecule has 0 bridgehead atoms. The molecular formula is C32H37N4OSY+. The van der Waals surface area contributed by atoms with Crippen LogP contribution in [0.5, 0.6) is 5.75 Å². The summed E-state index contributed by atoms with van der Waals surface area (Å²) in [5.41, 5.74) is 4.74. The molecule has 1 radical (unpaired) electrons. The van der Waals surface area contributed by atoms with E-state index in [1.165, 1.54) is 32.4 Å². The van der Waals surface area contributed by atoms with Crippen LogP contribution < -0.4 is 19.1 Å². The Bertz CT molecular complexity index is 1460. The first-order valence-corrected chi connectivity index (χ1v) is 14.1.